The van der Waals surface area contributed by atoms with E-state index in [0.29, 0.717) is 5.56 Å². The van der Waals surface area contributed by atoms with E-state index in [2.05, 4.69) is 0 Å². The van der Waals surface area contributed by atoms with Crippen molar-refractivity contribution in [3.05, 3.63) is 45.1 Å². The van der Waals surface area contributed by atoms with E-state index < -0.39 is 16.9 Å². The number of fused-ring (bicyclic) bond motifs is 1. The van der Waals surface area contributed by atoms with Gasteiger partial charge in [0.1, 0.15) is 28.2 Å². The number of phenols is 3. The van der Waals surface area contributed by atoms with E-state index in [-0.39, 0.29) is 38.8 Å². The van der Waals surface area contributed by atoms with Gasteiger partial charge in [-0.25, -0.2) is 0 Å². The summed E-state index contributed by atoms with van der Waals surface area (Å²) in [6, 6.07) is 4.80. The molecule has 0 saturated heterocycles. The average Bonchev–Trinajstić information content (AvgIpc) is 2.47. The van der Waals surface area contributed by atoms with Gasteiger partial charge in [-0.05, 0) is 19.1 Å². The van der Waals surface area contributed by atoms with Gasteiger partial charge in [0.05, 0.1) is 0 Å². The first-order chi connectivity index (χ1) is 10.8. The van der Waals surface area contributed by atoms with Crippen LogP contribution in [0.5, 0.6) is 23.0 Å². The van der Waals surface area contributed by atoms with E-state index in [1.54, 1.807) is 6.92 Å². The molecule has 1 aromatic heterocycles. The van der Waals surface area contributed by atoms with Crippen molar-refractivity contribution in [1.82, 2.24) is 0 Å². The highest BCUT2D eigenvalue weighted by atomic mass is 35.5. The molecule has 0 saturated carbocycles. The highest BCUT2D eigenvalue weighted by Crippen LogP contribution is 2.38. The van der Waals surface area contributed by atoms with Gasteiger partial charge in [0, 0.05) is 28.3 Å². The van der Waals surface area contributed by atoms with Gasteiger partial charge < -0.3 is 24.8 Å². The quantitative estimate of drug-likeness (QED) is 0.543. The van der Waals surface area contributed by atoms with Gasteiger partial charge in [-0.15, -0.1) is 0 Å². The number of aromatic hydroxyl groups is 4. The van der Waals surface area contributed by atoms with Crippen molar-refractivity contribution in [2.24, 2.45) is 0 Å². The van der Waals surface area contributed by atoms with Crippen molar-refractivity contribution in [2.45, 2.75) is 6.92 Å². The molecule has 0 fully saturated rings. The lowest BCUT2D eigenvalue weighted by atomic mass is 10.1. The van der Waals surface area contributed by atoms with Crippen LogP contribution in [0.1, 0.15) is 5.56 Å². The zero-order chi connectivity index (χ0) is 16.9. The van der Waals surface area contributed by atoms with E-state index in [9.17, 15) is 25.2 Å². The Morgan fingerprint density at radius 1 is 1.00 bits per heavy atom. The predicted molar refractivity (Wildman–Crippen MR) is 84.3 cm³/mol. The summed E-state index contributed by atoms with van der Waals surface area (Å²) in [5, 5.41) is 39.2. The number of hydrogen-bond donors (Lipinski definition) is 4. The first-order valence-electron chi connectivity index (χ1n) is 6.51. The van der Waals surface area contributed by atoms with Gasteiger partial charge in [-0.3, -0.25) is 4.79 Å². The predicted octanol–water partition coefficient (Wildman–Crippen LogP) is 3.24. The van der Waals surface area contributed by atoms with Crippen LogP contribution in [0.4, 0.5) is 0 Å². The summed E-state index contributed by atoms with van der Waals surface area (Å²) < 4.78 is 5.43. The molecule has 0 unspecified atom stereocenters. The van der Waals surface area contributed by atoms with Crippen LogP contribution in [-0.4, -0.2) is 20.4 Å². The normalized spacial score (nSPS) is 11.0. The van der Waals surface area contributed by atoms with Crippen LogP contribution in [0.25, 0.3) is 22.3 Å². The summed E-state index contributed by atoms with van der Waals surface area (Å²) >= 11 is 5.99. The standard InChI is InChI=1S/C16H11ClO6/c1-6-9(17)2-7(3-10(6)19)16-15(22)14(21)13-11(20)4-8(18)5-12(13)23-16/h2-5,18-20,22H,1H3. The molecule has 0 aliphatic heterocycles. The molecular weight excluding hydrogens is 324 g/mol. The Morgan fingerprint density at radius 3 is 2.35 bits per heavy atom. The third kappa shape index (κ3) is 2.33. The molecule has 0 bridgehead atoms. The van der Waals surface area contributed by atoms with Gasteiger partial charge >= 0.3 is 0 Å². The number of hydrogen-bond acceptors (Lipinski definition) is 6. The number of phenolic OH excluding ortho intramolecular Hbond substituents is 3. The Hall–Kier alpha value is -2.86. The third-order valence-electron chi connectivity index (χ3n) is 3.51. The molecule has 3 rings (SSSR count). The van der Waals surface area contributed by atoms with E-state index in [0.717, 1.165) is 12.1 Å². The van der Waals surface area contributed by atoms with Crippen LogP contribution in [0.2, 0.25) is 5.02 Å². The van der Waals surface area contributed by atoms with E-state index in [4.69, 9.17) is 16.0 Å². The summed E-state index contributed by atoms with van der Waals surface area (Å²) in [5.41, 5.74) is -0.364. The minimum atomic E-state index is -0.866. The fourth-order valence-electron chi connectivity index (χ4n) is 2.27. The topological polar surface area (TPSA) is 111 Å². The van der Waals surface area contributed by atoms with Gasteiger partial charge in [-0.2, -0.15) is 0 Å². The van der Waals surface area contributed by atoms with Crippen molar-refractivity contribution in [3.8, 4) is 34.3 Å². The van der Waals surface area contributed by atoms with Crippen LogP contribution < -0.4 is 5.43 Å². The molecule has 3 aromatic rings. The Kier molecular flexibility index (Phi) is 3.34. The van der Waals surface area contributed by atoms with E-state index >= 15 is 0 Å². The summed E-state index contributed by atoms with van der Waals surface area (Å²) in [6.45, 7) is 1.61. The average molecular weight is 335 g/mol. The lowest BCUT2D eigenvalue weighted by Crippen LogP contribution is -2.03. The second-order valence-corrected chi connectivity index (χ2v) is 5.46. The minimum Gasteiger partial charge on any atom is -0.508 e. The van der Waals surface area contributed by atoms with Gasteiger partial charge in [0.25, 0.3) is 0 Å². The van der Waals surface area contributed by atoms with Crippen molar-refractivity contribution >= 4 is 22.6 Å². The molecule has 118 valence electrons. The monoisotopic (exact) mass is 334 g/mol. The van der Waals surface area contributed by atoms with Crippen molar-refractivity contribution in [3.63, 3.8) is 0 Å². The minimum absolute atomic E-state index is 0.114. The summed E-state index contributed by atoms with van der Waals surface area (Å²) in [4.78, 5) is 12.2. The Labute approximate surface area is 134 Å². The lowest BCUT2D eigenvalue weighted by Gasteiger charge is -2.09. The molecule has 23 heavy (non-hydrogen) atoms. The molecule has 2 aromatic carbocycles. The smallest absolute Gasteiger partial charge is 0.238 e. The molecule has 7 heteroatoms. The first kappa shape index (κ1) is 15.1. The molecule has 6 nitrogen and oxygen atoms in total. The molecular formula is C16H11ClO6. The molecule has 0 spiro atoms. The van der Waals surface area contributed by atoms with Crippen molar-refractivity contribution < 1.29 is 24.8 Å². The summed E-state index contributed by atoms with van der Waals surface area (Å²) in [5.74, 6) is -1.92. The maximum atomic E-state index is 12.2. The molecule has 0 radical (unpaired) electrons. The van der Waals surface area contributed by atoms with Crippen LogP contribution in [0.15, 0.2) is 33.5 Å². The molecule has 1 heterocycles. The molecule has 0 atom stereocenters. The van der Waals surface area contributed by atoms with E-state index in [1.807, 2.05) is 0 Å². The Bertz CT molecular complexity index is 983. The zero-order valence-electron chi connectivity index (χ0n) is 11.8. The number of rotatable bonds is 1. The summed E-state index contributed by atoms with van der Waals surface area (Å²) in [7, 11) is 0. The van der Waals surface area contributed by atoms with Crippen molar-refractivity contribution in [2.75, 3.05) is 0 Å². The highest BCUT2D eigenvalue weighted by Gasteiger charge is 2.20. The Morgan fingerprint density at radius 2 is 1.70 bits per heavy atom. The number of halogens is 1. The van der Waals surface area contributed by atoms with E-state index in [1.165, 1.54) is 12.1 Å². The van der Waals surface area contributed by atoms with Crippen LogP contribution in [-0.2, 0) is 0 Å². The SMILES string of the molecule is Cc1c(O)cc(-c2oc3cc(O)cc(O)c3c(=O)c2O)cc1Cl. The zero-order valence-corrected chi connectivity index (χ0v) is 12.5. The fourth-order valence-corrected chi connectivity index (χ4v) is 2.48. The first-order valence-corrected chi connectivity index (χ1v) is 6.88. The third-order valence-corrected chi connectivity index (χ3v) is 3.91. The second kappa shape index (κ2) is 5.10. The second-order valence-electron chi connectivity index (χ2n) is 5.05. The highest BCUT2D eigenvalue weighted by molar-refractivity contribution is 6.31. The Balaban J connectivity index is 2.40. The van der Waals surface area contributed by atoms with Gasteiger partial charge in [0.15, 0.2) is 5.76 Å². The van der Waals surface area contributed by atoms with Gasteiger partial charge in [0.2, 0.25) is 11.2 Å². The molecule has 0 amide bonds. The number of benzene rings is 2. The lowest BCUT2D eigenvalue weighted by molar-refractivity contribution is 0.438. The summed E-state index contributed by atoms with van der Waals surface area (Å²) in [6.07, 6.45) is 0. The molecule has 0 aliphatic carbocycles. The fraction of sp³-hybridized carbons (Fsp3) is 0.0625. The van der Waals surface area contributed by atoms with Crippen LogP contribution in [0.3, 0.4) is 0 Å². The van der Waals surface area contributed by atoms with Gasteiger partial charge in [-0.1, -0.05) is 11.6 Å². The largest absolute Gasteiger partial charge is 0.508 e. The van der Waals surface area contributed by atoms with Crippen LogP contribution in [0, 0.1) is 6.92 Å². The maximum Gasteiger partial charge on any atom is 0.238 e. The molecule has 0 aliphatic rings. The van der Waals surface area contributed by atoms with Crippen molar-refractivity contribution in [1.29, 1.82) is 0 Å². The van der Waals surface area contributed by atoms with Crippen LogP contribution >= 0.6 is 11.6 Å². The molecule has 4 N–H and O–H groups in total. The maximum absolute atomic E-state index is 12.2.